The zero-order valence-electron chi connectivity index (χ0n) is 15.4. The third-order valence-corrected chi connectivity index (χ3v) is 7.75. The van der Waals surface area contributed by atoms with E-state index in [-0.39, 0.29) is 5.25 Å². The van der Waals surface area contributed by atoms with E-state index in [0.29, 0.717) is 22.9 Å². The summed E-state index contributed by atoms with van der Waals surface area (Å²) in [6.45, 7) is 4.30. The Hall–Kier alpha value is -1.97. The lowest BCUT2D eigenvalue weighted by Gasteiger charge is -2.16. The largest absolute Gasteiger partial charge is 0.419 e. The Balaban J connectivity index is 1.30. The van der Waals surface area contributed by atoms with Crippen LogP contribution in [0.15, 0.2) is 37.6 Å². The predicted molar refractivity (Wildman–Crippen MR) is 111 cm³/mol. The maximum absolute atomic E-state index is 5.91. The van der Waals surface area contributed by atoms with Gasteiger partial charge in [-0.2, -0.15) is 0 Å². The van der Waals surface area contributed by atoms with Gasteiger partial charge in [-0.15, -0.1) is 43.1 Å². The van der Waals surface area contributed by atoms with Crippen LogP contribution in [0.5, 0.6) is 0 Å². The quantitative estimate of drug-likeness (QED) is 0.365. The molecule has 0 aromatic carbocycles. The molecule has 0 amide bonds. The van der Waals surface area contributed by atoms with Crippen LogP contribution in [0, 0.1) is 5.92 Å². The van der Waals surface area contributed by atoms with Crippen LogP contribution in [0.1, 0.15) is 41.8 Å². The second kappa shape index (κ2) is 7.46. The number of aryl methyl sites for hydroxylation is 1. The molecule has 144 valence electrons. The van der Waals surface area contributed by atoms with Gasteiger partial charge < -0.3 is 8.83 Å². The van der Waals surface area contributed by atoms with Crippen molar-refractivity contribution >= 4 is 34.4 Å². The highest BCUT2D eigenvalue weighted by Crippen LogP contribution is 2.39. The lowest BCUT2D eigenvalue weighted by Crippen LogP contribution is -2.07. The lowest BCUT2D eigenvalue weighted by molar-refractivity contribution is 0.462. The molecule has 0 aliphatic heterocycles. The van der Waals surface area contributed by atoms with E-state index in [4.69, 9.17) is 8.83 Å². The van der Waals surface area contributed by atoms with Crippen molar-refractivity contribution in [3.8, 4) is 21.5 Å². The Morgan fingerprint density at radius 1 is 1.14 bits per heavy atom. The number of aromatic nitrogens is 4. The Morgan fingerprint density at radius 2 is 2.00 bits per heavy atom. The predicted octanol–water partition coefficient (Wildman–Crippen LogP) is 5.89. The Morgan fingerprint density at radius 3 is 2.86 bits per heavy atom. The van der Waals surface area contributed by atoms with Crippen molar-refractivity contribution in [2.24, 2.45) is 5.92 Å². The van der Waals surface area contributed by atoms with Crippen molar-refractivity contribution < 1.29 is 8.83 Å². The summed E-state index contributed by atoms with van der Waals surface area (Å²) in [6.07, 6.45) is 3.55. The molecule has 0 unspecified atom stereocenters. The zero-order chi connectivity index (χ0) is 19.1. The van der Waals surface area contributed by atoms with Crippen molar-refractivity contribution in [1.29, 1.82) is 0 Å². The van der Waals surface area contributed by atoms with Crippen LogP contribution in [0.2, 0.25) is 0 Å². The van der Waals surface area contributed by atoms with Crippen LogP contribution in [0.4, 0.5) is 0 Å². The average Bonchev–Trinajstić information content (AvgIpc) is 3.45. The first-order valence-electron chi connectivity index (χ1n) is 9.15. The summed E-state index contributed by atoms with van der Waals surface area (Å²) in [6, 6.07) is 6.14. The van der Waals surface area contributed by atoms with Gasteiger partial charge in [0, 0.05) is 4.88 Å². The first-order valence-corrected chi connectivity index (χ1v) is 11.7. The van der Waals surface area contributed by atoms with Crippen molar-refractivity contribution in [2.75, 3.05) is 0 Å². The number of hydrogen-bond acceptors (Lipinski definition) is 9. The summed E-state index contributed by atoms with van der Waals surface area (Å²) in [5.41, 5.74) is 1.44. The van der Waals surface area contributed by atoms with Crippen molar-refractivity contribution in [3.05, 3.63) is 39.9 Å². The molecule has 4 aromatic heterocycles. The molecule has 0 spiro atoms. The minimum absolute atomic E-state index is 0.0769. The van der Waals surface area contributed by atoms with E-state index in [9.17, 15) is 0 Å². The monoisotopic (exact) mass is 430 g/mol. The summed E-state index contributed by atoms with van der Waals surface area (Å²) in [4.78, 5) is 3.48. The third-order valence-electron chi connectivity index (χ3n) is 4.74. The first kappa shape index (κ1) is 18.1. The molecule has 5 rings (SSSR count). The average molecular weight is 431 g/mol. The van der Waals surface area contributed by atoms with Crippen LogP contribution >= 0.6 is 34.4 Å². The van der Waals surface area contributed by atoms with Crippen molar-refractivity contribution in [1.82, 2.24) is 20.4 Å². The third kappa shape index (κ3) is 3.54. The molecule has 1 aliphatic rings. The number of hydrogen-bond donors (Lipinski definition) is 0. The van der Waals surface area contributed by atoms with Crippen LogP contribution in [-0.2, 0) is 12.8 Å². The molecule has 0 radical (unpaired) electrons. The summed E-state index contributed by atoms with van der Waals surface area (Å²) >= 11 is 4.78. The van der Waals surface area contributed by atoms with E-state index >= 15 is 0 Å². The van der Waals surface area contributed by atoms with Gasteiger partial charge in [-0.3, -0.25) is 0 Å². The topological polar surface area (TPSA) is 77.8 Å². The fraction of sp³-hybridized carbons (Fsp3) is 0.368. The van der Waals surface area contributed by atoms with E-state index in [1.165, 1.54) is 28.6 Å². The number of nitrogens with zero attached hydrogens (tertiary/aromatic N) is 4. The van der Waals surface area contributed by atoms with E-state index in [1.807, 2.05) is 24.4 Å². The van der Waals surface area contributed by atoms with Gasteiger partial charge in [0.15, 0.2) is 0 Å². The van der Waals surface area contributed by atoms with Crippen molar-refractivity contribution in [3.63, 3.8) is 0 Å². The van der Waals surface area contributed by atoms with E-state index in [0.717, 1.165) is 28.5 Å². The normalized spacial score (nSPS) is 17.6. The molecule has 0 bridgehead atoms. The van der Waals surface area contributed by atoms with Gasteiger partial charge in [0.25, 0.3) is 17.0 Å². The fourth-order valence-electron chi connectivity index (χ4n) is 3.27. The smallest absolute Gasteiger partial charge is 0.277 e. The number of fused-ring (bicyclic) bond motifs is 1. The minimum Gasteiger partial charge on any atom is -0.419 e. The second-order valence-electron chi connectivity index (χ2n) is 6.96. The number of rotatable bonds is 5. The summed E-state index contributed by atoms with van der Waals surface area (Å²) < 4.78 is 11.7. The van der Waals surface area contributed by atoms with Crippen LogP contribution in [0.3, 0.4) is 0 Å². The molecule has 0 saturated carbocycles. The van der Waals surface area contributed by atoms with Gasteiger partial charge >= 0.3 is 0 Å². The summed E-state index contributed by atoms with van der Waals surface area (Å²) in [5, 5.41) is 19.2. The van der Waals surface area contributed by atoms with E-state index in [2.05, 4.69) is 33.4 Å². The SMILES string of the molecule is C[C@@H]1CCc2sc(-c3nnc(S[C@@H](C)c4nnc(-c5cccs5)o4)o3)cc2C1. The van der Waals surface area contributed by atoms with Gasteiger partial charge in [-0.25, -0.2) is 0 Å². The molecule has 9 heteroatoms. The molecule has 0 fully saturated rings. The maximum atomic E-state index is 5.91. The Kier molecular flexibility index (Phi) is 4.82. The Labute approximate surface area is 174 Å². The van der Waals surface area contributed by atoms with Gasteiger partial charge in [-0.1, -0.05) is 24.8 Å². The van der Waals surface area contributed by atoms with Gasteiger partial charge in [0.2, 0.25) is 5.89 Å². The highest BCUT2D eigenvalue weighted by molar-refractivity contribution is 7.99. The molecular formula is C19H18N4O2S3. The van der Waals surface area contributed by atoms with Crippen LogP contribution in [0.25, 0.3) is 21.5 Å². The molecule has 4 aromatic rings. The molecule has 0 N–H and O–H groups in total. The van der Waals surface area contributed by atoms with Crippen molar-refractivity contribution in [2.45, 2.75) is 43.6 Å². The zero-order valence-corrected chi connectivity index (χ0v) is 17.9. The lowest BCUT2D eigenvalue weighted by atomic mass is 9.90. The van der Waals surface area contributed by atoms with E-state index < -0.39 is 0 Å². The van der Waals surface area contributed by atoms with E-state index in [1.54, 1.807) is 22.7 Å². The fourth-order valence-corrected chi connectivity index (χ4v) is 5.76. The minimum atomic E-state index is -0.0769. The summed E-state index contributed by atoms with van der Waals surface area (Å²) in [7, 11) is 0. The molecule has 4 heterocycles. The molecule has 28 heavy (non-hydrogen) atoms. The van der Waals surface area contributed by atoms with Crippen LogP contribution in [-0.4, -0.2) is 20.4 Å². The maximum Gasteiger partial charge on any atom is 0.277 e. The molecule has 0 saturated heterocycles. The van der Waals surface area contributed by atoms with Crippen LogP contribution < -0.4 is 0 Å². The highest BCUT2D eigenvalue weighted by atomic mass is 32.2. The van der Waals surface area contributed by atoms with Gasteiger partial charge in [0.05, 0.1) is 15.0 Å². The number of thiophene rings is 2. The standard InChI is InChI=1S/C19H18N4O2S3/c1-10-5-6-13-12(8-10)9-15(28-13)18-22-23-19(25-18)27-11(2)16-20-21-17(24-16)14-4-3-7-26-14/h3-4,7,9-11H,5-6,8H2,1-2H3/t10-,11+/m1/s1. The first-order chi connectivity index (χ1) is 13.7. The Bertz CT molecular complexity index is 1080. The molecule has 1 aliphatic carbocycles. The molecular weight excluding hydrogens is 412 g/mol. The van der Waals surface area contributed by atoms with Gasteiger partial charge in [0.1, 0.15) is 0 Å². The van der Waals surface area contributed by atoms with Gasteiger partial charge in [-0.05, 0) is 55.2 Å². The second-order valence-corrected chi connectivity index (χ2v) is 10.3. The molecule has 6 nitrogen and oxygen atoms in total. The molecule has 2 atom stereocenters. The number of thioether (sulfide) groups is 1. The highest BCUT2D eigenvalue weighted by Gasteiger charge is 2.23. The summed E-state index contributed by atoms with van der Waals surface area (Å²) in [5.74, 6) is 2.43.